The Labute approximate surface area is 135 Å². The number of nitrogens with one attached hydrogen (secondary N) is 2. The standard InChI is InChI=1S/C17H22N4O2/c22-15-7-3-6-14(11-15)20-17(23)18-12-13-5-1-2-8-16(13)21-10-4-9-19-21/h1-2,4-5,8-10,14-15,22H,3,6-7,11-12H2,(H2,18,20,23). The zero-order valence-corrected chi connectivity index (χ0v) is 13.0. The van der Waals surface area contributed by atoms with E-state index in [2.05, 4.69) is 15.7 Å². The molecule has 1 aliphatic rings. The number of rotatable bonds is 4. The maximum atomic E-state index is 12.1. The van der Waals surface area contributed by atoms with Gasteiger partial charge in [-0.05, 0) is 43.4 Å². The fraction of sp³-hybridized carbons (Fsp3) is 0.412. The smallest absolute Gasteiger partial charge is 0.315 e. The number of aliphatic hydroxyl groups is 1. The zero-order chi connectivity index (χ0) is 16.1. The number of para-hydroxylation sites is 1. The molecule has 6 nitrogen and oxygen atoms in total. The van der Waals surface area contributed by atoms with Gasteiger partial charge in [0.05, 0.1) is 11.8 Å². The normalized spacial score (nSPS) is 20.9. The van der Waals surface area contributed by atoms with Gasteiger partial charge in [0, 0.05) is 25.0 Å². The van der Waals surface area contributed by atoms with Crippen molar-refractivity contribution in [2.75, 3.05) is 0 Å². The van der Waals surface area contributed by atoms with E-state index >= 15 is 0 Å². The first-order valence-electron chi connectivity index (χ1n) is 8.03. The van der Waals surface area contributed by atoms with Crippen LogP contribution in [0, 0.1) is 0 Å². The number of nitrogens with zero attached hydrogens (tertiary/aromatic N) is 2. The third-order valence-corrected chi connectivity index (χ3v) is 4.16. The Hall–Kier alpha value is -2.34. The maximum absolute atomic E-state index is 12.1. The molecule has 1 heterocycles. The zero-order valence-electron chi connectivity index (χ0n) is 13.0. The van der Waals surface area contributed by atoms with E-state index in [0.29, 0.717) is 13.0 Å². The summed E-state index contributed by atoms with van der Waals surface area (Å²) in [5, 5.41) is 19.7. The lowest BCUT2D eigenvalue weighted by molar-refractivity contribution is 0.113. The minimum absolute atomic E-state index is 0.0557. The van der Waals surface area contributed by atoms with Crippen molar-refractivity contribution in [2.45, 2.75) is 44.4 Å². The highest BCUT2D eigenvalue weighted by Crippen LogP contribution is 2.18. The molecule has 0 spiro atoms. The first-order valence-corrected chi connectivity index (χ1v) is 8.03. The number of carbonyl (C=O) groups is 1. The van der Waals surface area contributed by atoms with Crippen LogP contribution in [0.1, 0.15) is 31.2 Å². The summed E-state index contributed by atoms with van der Waals surface area (Å²) >= 11 is 0. The van der Waals surface area contributed by atoms with Crippen LogP contribution in [0.4, 0.5) is 4.79 Å². The quantitative estimate of drug-likeness (QED) is 0.807. The summed E-state index contributed by atoms with van der Waals surface area (Å²) in [7, 11) is 0. The number of hydrogen-bond acceptors (Lipinski definition) is 3. The van der Waals surface area contributed by atoms with Crippen molar-refractivity contribution in [3.8, 4) is 5.69 Å². The van der Waals surface area contributed by atoms with Gasteiger partial charge >= 0.3 is 6.03 Å². The lowest BCUT2D eigenvalue weighted by Crippen LogP contribution is -2.44. The fourth-order valence-corrected chi connectivity index (χ4v) is 3.00. The molecule has 6 heteroatoms. The van der Waals surface area contributed by atoms with Crippen LogP contribution in [0.15, 0.2) is 42.7 Å². The van der Waals surface area contributed by atoms with Crippen LogP contribution in [0.25, 0.3) is 5.69 Å². The Morgan fingerprint density at radius 1 is 1.30 bits per heavy atom. The van der Waals surface area contributed by atoms with Crippen LogP contribution in [0.3, 0.4) is 0 Å². The second-order valence-corrected chi connectivity index (χ2v) is 5.92. The van der Waals surface area contributed by atoms with Crippen LogP contribution >= 0.6 is 0 Å². The predicted molar refractivity (Wildman–Crippen MR) is 87.2 cm³/mol. The van der Waals surface area contributed by atoms with Crippen molar-refractivity contribution in [2.24, 2.45) is 0 Å². The summed E-state index contributed by atoms with van der Waals surface area (Å²) in [6, 6.07) is 9.56. The number of amides is 2. The van der Waals surface area contributed by atoms with E-state index in [1.807, 2.05) is 36.5 Å². The van der Waals surface area contributed by atoms with Gasteiger partial charge in [0.25, 0.3) is 0 Å². The minimum atomic E-state index is -0.297. The topological polar surface area (TPSA) is 79.2 Å². The molecule has 3 N–H and O–H groups in total. The SMILES string of the molecule is O=C(NCc1ccccc1-n1cccn1)NC1CCCC(O)C1. The van der Waals surface area contributed by atoms with E-state index < -0.39 is 0 Å². The molecule has 1 aliphatic carbocycles. The molecule has 0 aliphatic heterocycles. The molecule has 0 bridgehead atoms. The molecule has 1 fully saturated rings. The average molecular weight is 314 g/mol. The van der Waals surface area contributed by atoms with Gasteiger partial charge in [0.1, 0.15) is 0 Å². The van der Waals surface area contributed by atoms with Gasteiger partial charge in [-0.15, -0.1) is 0 Å². The van der Waals surface area contributed by atoms with Gasteiger partial charge in [-0.3, -0.25) is 0 Å². The molecule has 2 amide bonds. The Balaban J connectivity index is 1.57. The highest BCUT2D eigenvalue weighted by atomic mass is 16.3. The van der Waals surface area contributed by atoms with E-state index in [0.717, 1.165) is 30.5 Å². The number of hydrogen-bond donors (Lipinski definition) is 3. The number of aromatic nitrogens is 2. The Kier molecular flexibility index (Phi) is 4.92. The monoisotopic (exact) mass is 314 g/mol. The number of aliphatic hydroxyl groups excluding tert-OH is 1. The van der Waals surface area contributed by atoms with Crippen molar-refractivity contribution in [3.63, 3.8) is 0 Å². The van der Waals surface area contributed by atoms with E-state index in [4.69, 9.17) is 0 Å². The van der Waals surface area contributed by atoms with Crippen molar-refractivity contribution < 1.29 is 9.90 Å². The fourth-order valence-electron chi connectivity index (χ4n) is 3.00. The van der Waals surface area contributed by atoms with E-state index in [1.165, 1.54) is 0 Å². The molecular formula is C17H22N4O2. The molecule has 0 radical (unpaired) electrons. The molecule has 1 aromatic heterocycles. The van der Waals surface area contributed by atoms with Gasteiger partial charge < -0.3 is 15.7 Å². The van der Waals surface area contributed by atoms with Gasteiger partial charge in [0.2, 0.25) is 0 Å². The number of benzene rings is 1. The van der Waals surface area contributed by atoms with Gasteiger partial charge in [-0.1, -0.05) is 18.2 Å². The first kappa shape index (κ1) is 15.6. The highest BCUT2D eigenvalue weighted by Gasteiger charge is 2.21. The van der Waals surface area contributed by atoms with Gasteiger partial charge in [0.15, 0.2) is 0 Å². The molecule has 0 saturated heterocycles. The average Bonchev–Trinajstić information content (AvgIpc) is 3.07. The van der Waals surface area contributed by atoms with Crippen molar-refractivity contribution in [1.29, 1.82) is 0 Å². The number of carbonyl (C=O) groups excluding carboxylic acids is 1. The van der Waals surface area contributed by atoms with Gasteiger partial charge in [-0.2, -0.15) is 5.10 Å². The van der Waals surface area contributed by atoms with Crippen LogP contribution < -0.4 is 10.6 Å². The van der Waals surface area contributed by atoms with E-state index in [1.54, 1.807) is 10.9 Å². The van der Waals surface area contributed by atoms with Crippen LogP contribution in [-0.2, 0) is 6.54 Å². The Morgan fingerprint density at radius 2 is 2.17 bits per heavy atom. The first-order chi connectivity index (χ1) is 11.2. The third-order valence-electron chi connectivity index (χ3n) is 4.16. The van der Waals surface area contributed by atoms with Crippen LogP contribution in [-0.4, -0.2) is 33.1 Å². The summed E-state index contributed by atoms with van der Waals surface area (Å²) in [5.74, 6) is 0. The van der Waals surface area contributed by atoms with Gasteiger partial charge in [-0.25, -0.2) is 9.48 Å². The molecular weight excluding hydrogens is 292 g/mol. The largest absolute Gasteiger partial charge is 0.393 e. The van der Waals surface area contributed by atoms with Crippen molar-refractivity contribution in [3.05, 3.63) is 48.3 Å². The maximum Gasteiger partial charge on any atom is 0.315 e. The number of urea groups is 1. The van der Waals surface area contributed by atoms with Crippen LogP contribution in [0.2, 0.25) is 0 Å². The summed E-state index contributed by atoms with van der Waals surface area (Å²) in [6.45, 7) is 0.428. The highest BCUT2D eigenvalue weighted by molar-refractivity contribution is 5.74. The van der Waals surface area contributed by atoms with Crippen molar-refractivity contribution in [1.82, 2.24) is 20.4 Å². The molecule has 1 saturated carbocycles. The second kappa shape index (κ2) is 7.28. The van der Waals surface area contributed by atoms with Crippen molar-refractivity contribution >= 4 is 6.03 Å². The van der Waals surface area contributed by atoms with Crippen LogP contribution in [0.5, 0.6) is 0 Å². The molecule has 2 aromatic rings. The molecule has 122 valence electrons. The second-order valence-electron chi connectivity index (χ2n) is 5.92. The molecule has 3 rings (SSSR count). The summed E-state index contributed by atoms with van der Waals surface area (Å²) < 4.78 is 1.78. The predicted octanol–water partition coefficient (Wildman–Crippen LogP) is 1.97. The molecule has 1 aromatic carbocycles. The molecule has 2 unspecified atom stereocenters. The Morgan fingerprint density at radius 3 is 2.96 bits per heavy atom. The summed E-state index contributed by atoms with van der Waals surface area (Å²) in [6.07, 6.45) is 6.65. The van der Waals surface area contributed by atoms with E-state index in [-0.39, 0.29) is 18.2 Å². The van der Waals surface area contributed by atoms with E-state index in [9.17, 15) is 9.90 Å². The molecule has 2 atom stereocenters. The third kappa shape index (κ3) is 4.10. The molecule has 23 heavy (non-hydrogen) atoms. The summed E-state index contributed by atoms with van der Waals surface area (Å²) in [4.78, 5) is 12.1. The summed E-state index contributed by atoms with van der Waals surface area (Å²) in [5.41, 5.74) is 1.95. The lowest BCUT2D eigenvalue weighted by Gasteiger charge is -2.26. The Bertz CT molecular complexity index is 642. The lowest BCUT2D eigenvalue weighted by atomic mass is 9.93. The minimum Gasteiger partial charge on any atom is -0.393 e.